The quantitative estimate of drug-likeness (QED) is 0.382. The maximum Gasteiger partial charge on any atom is 0.101 e. The molecule has 0 amide bonds. The van der Waals surface area contributed by atoms with Gasteiger partial charge in [-0.15, -0.1) is 0 Å². The van der Waals surface area contributed by atoms with Crippen LogP contribution in [-0.4, -0.2) is 44.6 Å². The van der Waals surface area contributed by atoms with E-state index in [1.165, 1.54) is 45.3 Å². The Morgan fingerprint density at radius 2 is 1.53 bits per heavy atom. The number of hydrogen-bond acceptors (Lipinski definition) is 2. The van der Waals surface area contributed by atoms with Crippen molar-refractivity contribution in [2.24, 2.45) is 0 Å². The Balaban J connectivity index is 0.00000196. The summed E-state index contributed by atoms with van der Waals surface area (Å²) >= 11 is 0. The van der Waals surface area contributed by atoms with Crippen LogP contribution in [0.15, 0.2) is 0 Å². The van der Waals surface area contributed by atoms with Crippen LogP contribution in [0.25, 0.3) is 0 Å². The molecule has 1 heterocycles. The molecule has 0 unspecified atom stereocenters. The molecule has 0 spiro atoms. The first-order valence-electron chi connectivity index (χ1n) is 5.95. The molecule has 1 aliphatic rings. The topological polar surface area (TPSA) is 33.9 Å². The lowest BCUT2D eigenvalue weighted by Gasteiger charge is -2.23. The van der Waals surface area contributed by atoms with Gasteiger partial charge in [-0.05, 0) is 19.3 Å². The predicted molar refractivity (Wildman–Crippen MR) is 56.6 cm³/mol. The van der Waals surface area contributed by atoms with E-state index in [-0.39, 0.29) is 24.0 Å². The van der Waals surface area contributed by atoms with Crippen LogP contribution in [0.3, 0.4) is 0 Å². The number of hydrogen-bond donors (Lipinski definition) is 2. The monoisotopic (exact) mass is 329 g/mol. The second-order valence-electron chi connectivity index (χ2n) is 4.10. The second kappa shape index (κ2) is 11.1. The minimum atomic E-state index is 0. The highest BCUT2D eigenvalue weighted by Gasteiger charge is 2.12. The van der Waals surface area contributed by atoms with Crippen molar-refractivity contribution in [3.05, 3.63) is 0 Å². The van der Waals surface area contributed by atoms with Gasteiger partial charge in [-0.2, -0.15) is 0 Å². The molecule has 1 fully saturated rings. The summed E-state index contributed by atoms with van der Waals surface area (Å²) in [7, 11) is 0. The van der Waals surface area contributed by atoms with Gasteiger partial charge in [0.2, 0.25) is 0 Å². The SMILES string of the molecule is OCCCCCCC[NH+]1CCOCC1.[I-]. The number of rotatable bonds is 7. The average molecular weight is 329 g/mol. The van der Waals surface area contributed by atoms with Crippen LogP contribution in [-0.2, 0) is 4.74 Å². The van der Waals surface area contributed by atoms with Gasteiger partial charge in [0.05, 0.1) is 19.8 Å². The van der Waals surface area contributed by atoms with Gasteiger partial charge in [0.1, 0.15) is 13.1 Å². The van der Waals surface area contributed by atoms with Crippen LogP contribution in [0, 0.1) is 0 Å². The van der Waals surface area contributed by atoms with Crippen LogP contribution >= 0.6 is 0 Å². The maximum atomic E-state index is 8.61. The highest BCUT2D eigenvalue weighted by Crippen LogP contribution is 2.00. The third-order valence-corrected chi connectivity index (χ3v) is 2.89. The highest BCUT2D eigenvalue weighted by atomic mass is 127. The predicted octanol–water partition coefficient (Wildman–Crippen LogP) is -3.15. The molecule has 0 aliphatic carbocycles. The molecule has 4 heteroatoms. The van der Waals surface area contributed by atoms with Crippen molar-refractivity contribution >= 4 is 0 Å². The number of ether oxygens (including phenoxy) is 1. The van der Waals surface area contributed by atoms with Crippen LogP contribution in [0.5, 0.6) is 0 Å². The molecule has 0 saturated carbocycles. The van der Waals surface area contributed by atoms with Gasteiger partial charge in [0, 0.05) is 6.61 Å². The zero-order valence-electron chi connectivity index (χ0n) is 9.51. The third kappa shape index (κ3) is 8.42. The first kappa shape index (κ1) is 15.6. The van der Waals surface area contributed by atoms with E-state index in [1.54, 1.807) is 4.90 Å². The summed E-state index contributed by atoms with van der Waals surface area (Å²) < 4.78 is 5.31. The molecule has 0 bridgehead atoms. The smallest absolute Gasteiger partial charge is 0.101 e. The van der Waals surface area contributed by atoms with Gasteiger partial charge in [-0.3, -0.25) is 0 Å². The van der Waals surface area contributed by atoms with Crippen LogP contribution < -0.4 is 28.9 Å². The lowest BCUT2D eigenvalue weighted by Crippen LogP contribution is -3.14. The molecule has 92 valence electrons. The molecule has 15 heavy (non-hydrogen) atoms. The van der Waals surface area contributed by atoms with Crippen LogP contribution in [0.2, 0.25) is 0 Å². The molecule has 0 radical (unpaired) electrons. The first-order valence-corrected chi connectivity index (χ1v) is 5.95. The summed E-state index contributed by atoms with van der Waals surface area (Å²) in [5.74, 6) is 0. The lowest BCUT2D eigenvalue weighted by atomic mass is 10.1. The second-order valence-corrected chi connectivity index (χ2v) is 4.10. The fourth-order valence-electron chi connectivity index (χ4n) is 1.93. The zero-order valence-corrected chi connectivity index (χ0v) is 11.7. The minimum Gasteiger partial charge on any atom is -1.00 e. The molecule has 0 aromatic heterocycles. The van der Waals surface area contributed by atoms with Crippen LogP contribution in [0.1, 0.15) is 32.1 Å². The van der Waals surface area contributed by atoms with Gasteiger partial charge in [0.15, 0.2) is 0 Å². The Morgan fingerprint density at radius 1 is 0.933 bits per heavy atom. The highest BCUT2D eigenvalue weighted by molar-refractivity contribution is 4.44. The van der Waals surface area contributed by atoms with Crippen molar-refractivity contribution in [3.63, 3.8) is 0 Å². The number of quaternary nitrogens is 1. The number of morpholine rings is 1. The molecule has 1 saturated heterocycles. The van der Waals surface area contributed by atoms with E-state index >= 15 is 0 Å². The summed E-state index contributed by atoms with van der Waals surface area (Å²) in [4.78, 5) is 1.71. The molecule has 0 aromatic rings. The molecule has 0 atom stereocenters. The van der Waals surface area contributed by atoms with Gasteiger partial charge in [-0.1, -0.05) is 12.8 Å². The van der Waals surface area contributed by atoms with Crippen molar-refractivity contribution in [2.45, 2.75) is 32.1 Å². The Morgan fingerprint density at radius 3 is 2.20 bits per heavy atom. The van der Waals surface area contributed by atoms with Crippen LogP contribution in [0.4, 0.5) is 0 Å². The molecule has 1 rings (SSSR count). The summed E-state index contributed by atoms with van der Waals surface area (Å²) in [6, 6.07) is 0. The number of aliphatic hydroxyl groups is 1. The first-order chi connectivity index (χ1) is 6.93. The van der Waals surface area contributed by atoms with E-state index in [2.05, 4.69) is 0 Å². The van der Waals surface area contributed by atoms with Crippen molar-refractivity contribution in [1.82, 2.24) is 0 Å². The van der Waals surface area contributed by atoms with Crippen molar-refractivity contribution < 1.29 is 38.7 Å². The Bertz CT molecular complexity index is 130. The lowest BCUT2D eigenvalue weighted by molar-refractivity contribution is -0.908. The number of unbranched alkanes of at least 4 members (excludes halogenated alkanes) is 4. The number of halogens is 1. The Hall–Kier alpha value is 0.610. The Kier molecular flexibility index (Phi) is 11.6. The molecule has 3 nitrogen and oxygen atoms in total. The molecule has 0 aromatic carbocycles. The summed E-state index contributed by atoms with van der Waals surface area (Å²) in [6.45, 7) is 5.93. The van der Waals surface area contributed by atoms with Gasteiger partial charge < -0.3 is 38.7 Å². The van der Waals surface area contributed by atoms with E-state index in [1.807, 2.05) is 0 Å². The van der Waals surface area contributed by atoms with E-state index in [0.717, 1.165) is 19.6 Å². The van der Waals surface area contributed by atoms with E-state index in [9.17, 15) is 0 Å². The van der Waals surface area contributed by atoms with E-state index < -0.39 is 0 Å². The molecule has 1 aliphatic heterocycles. The van der Waals surface area contributed by atoms with Crippen molar-refractivity contribution in [1.29, 1.82) is 0 Å². The third-order valence-electron chi connectivity index (χ3n) is 2.89. The summed E-state index contributed by atoms with van der Waals surface area (Å²) in [5, 5.41) is 8.61. The van der Waals surface area contributed by atoms with Gasteiger partial charge in [-0.25, -0.2) is 0 Å². The average Bonchev–Trinajstić information content (AvgIpc) is 2.25. The number of nitrogens with one attached hydrogen (secondary N) is 1. The van der Waals surface area contributed by atoms with E-state index in [0.29, 0.717) is 6.61 Å². The normalized spacial score (nSPS) is 17.4. The fraction of sp³-hybridized carbons (Fsp3) is 1.00. The maximum absolute atomic E-state index is 8.61. The van der Waals surface area contributed by atoms with Gasteiger partial charge in [0.25, 0.3) is 0 Å². The van der Waals surface area contributed by atoms with E-state index in [4.69, 9.17) is 9.84 Å². The van der Waals surface area contributed by atoms with Crippen molar-refractivity contribution in [2.75, 3.05) is 39.5 Å². The fourth-order valence-corrected chi connectivity index (χ4v) is 1.93. The molecule has 2 N–H and O–H groups in total. The van der Waals surface area contributed by atoms with Crippen molar-refractivity contribution in [3.8, 4) is 0 Å². The minimum absolute atomic E-state index is 0. The summed E-state index contributed by atoms with van der Waals surface area (Å²) in [6.07, 6.45) is 6.11. The van der Waals surface area contributed by atoms with Gasteiger partial charge >= 0.3 is 0 Å². The zero-order chi connectivity index (χ0) is 10.1. The Labute approximate surface area is 110 Å². The summed E-state index contributed by atoms with van der Waals surface area (Å²) in [5.41, 5.74) is 0. The molecular formula is C11H24INO2. The number of aliphatic hydroxyl groups excluding tert-OH is 1. The largest absolute Gasteiger partial charge is 1.00 e. The molecular weight excluding hydrogens is 305 g/mol. The standard InChI is InChI=1S/C11H23NO2.HI/c13-9-5-3-1-2-4-6-12-7-10-14-11-8-12;/h13H,1-11H2;1H.